The van der Waals surface area contributed by atoms with Crippen molar-refractivity contribution in [2.45, 2.75) is 25.7 Å². The van der Waals surface area contributed by atoms with Crippen molar-refractivity contribution < 1.29 is 0 Å². The number of benzene rings is 1. The molecule has 0 N–H and O–H groups in total. The predicted molar refractivity (Wildman–Crippen MR) is 72.4 cm³/mol. The maximum Gasteiger partial charge on any atom is 0.0437 e. The van der Waals surface area contributed by atoms with Gasteiger partial charge in [0, 0.05) is 17.4 Å². The summed E-state index contributed by atoms with van der Waals surface area (Å²) in [6.07, 6.45) is 5.82. The van der Waals surface area contributed by atoms with Crippen LogP contribution in [0.25, 0.3) is 0 Å². The molecule has 2 rings (SSSR count). The summed E-state index contributed by atoms with van der Waals surface area (Å²) in [5.41, 5.74) is 2.57. The van der Waals surface area contributed by atoms with Crippen LogP contribution in [-0.2, 0) is 6.42 Å². The topological polar surface area (TPSA) is 12.9 Å². The zero-order valence-electron chi connectivity index (χ0n) is 9.94. The summed E-state index contributed by atoms with van der Waals surface area (Å²) in [5.74, 6) is 0.536. The lowest BCUT2D eigenvalue weighted by atomic mass is 9.95. The van der Waals surface area contributed by atoms with E-state index in [1.165, 1.54) is 11.1 Å². The van der Waals surface area contributed by atoms with Crippen molar-refractivity contribution in [2.24, 2.45) is 0 Å². The fourth-order valence-electron chi connectivity index (χ4n) is 1.93. The van der Waals surface area contributed by atoms with Gasteiger partial charge in [0.1, 0.15) is 0 Å². The Bertz CT molecular complexity index is 467. The predicted octanol–water partition coefficient (Wildman–Crippen LogP) is 4.47. The molecule has 2 aromatic rings. The summed E-state index contributed by atoms with van der Waals surface area (Å²) in [4.78, 5) is 4.04. The molecule has 1 nitrogen and oxygen atoms in total. The average molecular weight is 246 g/mol. The van der Waals surface area contributed by atoms with E-state index in [2.05, 4.69) is 30.1 Å². The van der Waals surface area contributed by atoms with Crippen molar-refractivity contribution in [1.29, 1.82) is 0 Å². The molecule has 0 aliphatic carbocycles. The number of aromatic nitrogens is 1. The van der Waals surface area contributed by atoms with Crippen molar-refractivity contribution in [3.8, 4) is 0 Å². The first-order chi connectivity index (χ1) is 8.27. The number of rotatable bonds is 4. The molecular formula is C15H16ClN. The number of nitrogens with zero attached hydrogens (tertiary/aromatic N) is 1. The fraction of sp³-hybridized carbons (Fsp3) is 0.267. The highest BCUT2D eigenvalue weighted by Crippen LogP contribution is 2.23. The van der Waals surface area contributed by atoms with Crippen LogP contribution in [0.4, 0.5) is 0 Å². The molecule has 1 aromatic carbocycles. The van der Waals surface area contributed by atoms with E-state index in [4.69, 9.17) is 11.6 Å². The Morgan fingerprint density at radius 1 is 1.12 bits per heavy atom. The van der Waals surface area contributed by atoms with Gasteiger partial charge in [-0.05, 0) is 48.1 Å². The van der Waals surface area contributed by atoms with E-state index in [1.54, 1.807) is 0 Å². The Morgan fingerprint density at radius 2 is 1.82 bits per heavy atom. The Labute approximate surface area is 107 Å². The first-order valence-corrected chi connectivity index (χ1v) is 6.28. The van der Waals surface area contributed by atoms with Gasteiger partial charge < -0.3 is 0 Å². The number of halogens is 1. The van der Waals surface area contributed by atoms with Gasteiger partial charge in [-0.25, -0.2) is 0 Å². The lowest BCUT2D eigenvalue weighted by molar-refractivity contribution is 0.678. The van der Waals surface area contributed by atoms with Crippen molar-refractivity contribution >= 4 is 11.6 Å². The quantitative estimate of drug-likeness (QED) is 0.775. The third kappa shape index (κ3) is 3.31. The smallest absolute Gasteiger partial charge is 0.0437 e. The third-order valence-electron chi connectivity index (χ3n) is 3.08. The number of hydrogen-bond acceptors (Lipinski definition) is 1. The molecule has 1 unspecified atom stereocenters. The second-order valence-electron chi connectivity index (χ2n) is 4.31. The minimum absolute atomic E-state index is 0.536. The van der Waals surface area contributed by atoms with Gasteiger partial charge in [0.2, 0.25) is 0 Å². The molecular weight excluding hydrogens is 230 g/mol. The molecule has 1 aromatic heterocycles. The fourth-order valence-corrected chi connectivity index (χ4v) is 2.16. The van der Waals surface area contributed by atoms with Crippen LogP contribution in [0, 0.1) is 0 Å². The van der Waals surface area contributed by atoms with E-state index in [-0.39, 0.29) is 0 Å². The van der Waals surface area contributed by atoms with Crippen LogP contribution >= 0.6 is 11.6 Å². The monoisotopic (exact) mass is 245 g/mol. The van der Waals surface area contributed by atoms with Gasteiger partial charge in [0.05, 0.1) is 0 Å². The molecule has 17 heavy (non-hydrogen) atoms. The Morgan fingerprint density at radius 3 is 2.53 bits per heavy atom. The van der Waals surface area contributed by atoms with Gasteiger partial charge in [-0.1, -0.05) is 36.7 Å². The largest absolute Gasteiger partial charge is 0.265 e. The number of hydrogen-bond donors (Lipinski definition) is 0. The summed E-state index contributed by atoms with van der Waals surface area (Å²) in [6, 6.07) is 12.2. The van der Waals surface area contributed by atoms with Gasteiger partial charge in [-0.3, -0.25) is 4.98 Å². The number of pyridine rings is 1. The zero-order chi connectivity index (χ0) is 12.1. The molecule has 88 valence electrons. The first kappa shape index (κ1) is 12.1. The van der Waals surface area contributed by atoms with Crippen molar-refractivity contribution in [3.05, 3.63) is 64.9 Å². The first-order valence-electron chi connectivity index (χ1n) is 5.90. The highest BCUT2D eigenvalue weighted by molar-refractivity contribution is 6.31. The van der Waals surface area contributed by atoms with Crippen LogP contribution < -0.4 is 0 Å². The Kier molecular flexibility index (Phi) is 4.16. The highest BCUT2D eigenvalue weighted by Gasteiger charge is 2.06. The van der Waals surface area contributed by atoms with Gasteiger partial charge in [0.15, 0.2) is 0 Å². The molecule has 2 heteroatoms. The third-order valence-corrected chi connectivity index (χ3v) is 3.45. The lowest BCUT2D eigenvalue weighted by Gasteiger charge is -2.12. The van der Waals surface area contributed by atoms with Crippen LogP contribution in [0.15, 0.2) is 48.8 Å². The molecule has 0 aliphatic heterocycles. The van der Waals surface area contributed by atoms with E-state index in [0.717, 1.165) is 17.9 Å². The summed E-state index contributed by atoms with van der Waals surface area (Å²) < 4.78 is 0. The summed E-state index contributed by atoms with van der Waals surface area (Å²) in [6.45, 7) is 2.24. The lowest BCUT2D eigenvalue weighted by Crippen LogP contribution is -1.97. The van der Waals surface area contributed by atoms with Gasteiger partial charge in [0.25, 0.3) is 0 Å². The van der Waals surface area contributed by atoms with E-state index < -0.39 is 0 Å². The van der Waals surface area contributed by atoms with Crippen molar-refractivity contribution in [2.75, 3.05) is 0 Å². The van der Waals surface area contributed by atoms with Crippen LogP contribution in [0.1, 0.15) is 30.4 Å². The van der Waals surface area contributed by atoms with Gasteiger partial charge >= 0.3 is 0 Å². The van der Waals surface area contributed by atoms with E-state index >= 15 is 0 Å². The highest BCUT2D eigenvalue weighted by atomic mass is 35.5. The Hall–Kier alpha value is -1.34. The zero-order valence-corrected chi connectivity index (χ0v) is 10.7. The van der Waals surface area contributed by atoms with Crippen LogP contribution in [0.2, 0.25) is 5.02 Å². The molecule has 1 atom stereocenters. The molecule has 0 bridgehead atoms. The average Bonchev–Trinajstić information content (AvgIpc) is 2.38. The van der Waals surface area contributed by atoms with Gasteiger partial charge in [-0.15, -0.1) is 0 Å². The van der Waals surface area contributed by atoms with E-state index in [0.29, 0.717) is 5.92 Å². The second-order valence-corrected chi connectivity index (χ2v) is 4.72. The molecule has 1 heterocycles. The van der Waals surface area contributed by atoms with Gasteiger partial charge in [-0.2, -0.15) is 0 Å². The Balaban J connectivity index is 1.97. The minimum atomic E-state index is 0.536. The maximum absolute atomic E-state index is 6.14. The molecule has 0 saturated heterocycles. The molecule has 0 saturated carbocycles. The molecule has 0 radical (unpaired) electrons. The molecule has 0 spiro atoms. The summed E-state index contributed by atoms with van der Waals surface area (Å²) in [7, 11) is 0. The SMILES string of the molecule is CC(CCc1ccccc1Cl)c1ccncc1. The molecule has 0 amide bonds. The van der Waals surface area contributed by atoms with Crippen LogP contribution in [-0.4, -0.2) is 4.98 Å². The summed E-state index contributed by atoms with van der Waals surface area (Å²) in [5, 5.41) is 0.870. The van der Waals surface area contributed by atoms with Crippen molar-refractivity contribution in [3.63, 3.8) is 0 Å². The number of aryl methyl sites for hydroxylation is 1. The summed E-state index contributed by atoms with van der Waals surface area (Å²) >= 11 is 6.14. The molecule has 0 fully saturated rings. The van der Waals surface area contributed by atoms with E-state index in [1.807, 2.05) is 30.6 Å². The van der Waals surface area contributed by atoms with Crippen molar-refractivity contribution in [1.82, 2.24) is 4.98 Å². The van der Waals surface area contributed by atoms with Crippen LogP contribution in [0.3, 0.4) is 0 Å². The molecule has 0 aliphatic rings. The second kappa shape index (κ2) is 5.83. The maximum atomic E-state index is 6.14. The normalized spacial score (nSPS) is 12.4. The van der Waals surface area contributed by atoms with E-state index in [9.17, 15) is 0 Å². The standard InChI is InChI=1S/C15H16ClN/c1-12(13-8-10-17-11-9-13)6-7-14-4-2-3-5-15(14)16/h2-5,8-12H,6-7H2,1H3. The van der Waals surface area contributed by atoms with Crippen LogP contribution in [0.5, 0.6) is 0 Å². The minimum Gasteiger partial charge on any atom is -0.265 e.